The van der Waals surface area contributed by atoms with Crippen LogP contribution >= 0.6 is 0 Å². The van der Waals surface area contributed by atoms with Crippen LogP contribution in [-0.2, 0) is 19.0 Å². The molecule has 1 heterocycles. The molecule has 1 aliphatic heterocycles. The Hall–Kier alpha value is -1.36. The third-order valence-corrected chi connectivity index (χ3v) is 1.76. The van der Waals surface area contributed by atoms with Crippen molar-refractivity contribution in [2.45, 2.75) is 45.7 Å². The van der Waals surface area contributed by atoms with E-state index in [1.807, 2.05) is 0 Å². The minimum absolute atomic E-state index is 0.149. The highest BCUT2D eigenvalue weighted by atomic mass is 16.8. The lowest BCUT2D eigenvalue weighted by atomic mass is 10.2. The Morgan fingerprint density at radius 1 is 1.44 bits per heavy atom. The summed E-state index contributed by atoms with van der Waals surface area (Å²) in [5.74, 6) is -0.149. The fourth-order valence-electron chi connectivity index (χ4n) is 1.06. The van der Waals surface area contributed by atoms with Crippen molar-refractivity contribution in [3.63, 3.8) is 0 Å². The summed E-state index contributed by atoms with van der Waals surface area (Å²) >= 11 is 0. The fourth-order valence-corrected chi connectivity index (χ4v) is 1.06. The average Bonchev–Trinajstić information content (AvgIpc) is 2.08. The molecule has 0 fully saturated rings. The van der Waals surface area contributed by atoms with E-state index in [0.29, 0.717) is 0 Å². The zero-order chi connectivity index (χ0) is 12.3. The summed E-state index contributed by atoms with van der Waals surface area (Å²) in [5, 5.41) is 0. The first-order valence-corrected chi connectivity index (χ1v) is 5.05. The smallest absolute Gasteiger partial charge is 0.428 e. The minimum atomic E-state index is -0.859. The highest BCUT2D eigenvalue weighted by Gasteiger charge is 2.26. The predicted octanol–water partition coefficient (Wildman–Crippen LogP) is 1.81. The van der Waals surface area contributed by atoms with Crippen LogP contribution in [-0.4, -0.2) is 29.9 Å². The van der Waals surface area contributed by atoms with E-state index in [9.17, 15) is 9.59 Å². The summed E-state index contributed by atoms with van der Waals surface area (Å²) in [7, 11) is 0. The summed E-state index contributed by atoms with van der Waals surface area (Å²) in [5.41, 5.74) is -0.614. The Morgan fingerprint density at radius 3 is 2.56 bits per heavy atom. The van der Waals surface area contributed by atoms with E-state index in [1.165, 1.54) is 12.2 Å². The molecule has 0 saturated heterocycles. The molecule has 0 aliphatic carbocycles. The maximum atomic E-state index is 11.3. The Balaban J connectivity index is 2.47. The SMILES string of the molecule is C[C@H]1O[C@H](OC(=O)OC(C)(C)C)C=CC1=O. The molecule has 1 rings (SSSR count). The number of carbonyl (C=O) groups is 2. The number of hydrogen-bond acceptors (Lipinski definition) is 5. The van der Waals surface area contributed by atoms with Crippen molar-refractivity contribution in [1.82, 2.24) is 0 Å². The Bertz CT molecular complexity index is 313. The average molecular weight is 228 g/mol. The number of carbonyl (C=O) groups excluding carboxylic acids is 2. The van der Waals surface area contributed by atoms with E-state index < -0.39 is 24.2 Å². The van der Waals surface area contributed by atoms with Crippen molar-refractivity contribution in [3.05, 3.63) is 12.2 Å². The third kappa shape index (κ3) is 4.02. The van der Waals surface area contributed by atoms with Crippen molar-refractivity contribution in [2.75, 3.05) is 0 Å². The number of ketones is 1. The van der Waals surface area contributed by atoms with Gasteiger partial charge in [0.15, 0.2) is 5.78 Å². The van der Waals surface area contributed by atoms with Gasteiger partial charge in [-0.15, -0.1) is 0 Å². The van der Waals surface area contributed by atoms with Crippen LogP contribution < -0.4 is 0 Å². The lowest BCUT2D eigenvalue weighted by Crippen LogP contribution is -2.34. The first kappa shape index (κ1) is 12.7. The van der Waals surface area contributed by atoms with Gasteiger partial charge in [0.05, 0.1) is 0 Å². The fraction of sp³-hybridized carbons (Fsp3) is 0.636. The first-order valence-electron chi connectivity index (χ1n) is 5.05. The van der Waals surface area contributed by atoms with Crippen LogP contribution in [0.3, 0.4) is 0 Å². The van der Waals surface area contributed by atoms with Crippen molar-refractivity contribution in [3.8, 4) is 0 Å². The second kappa shape index (κ2) is 4.65. The van der Waals surface area contributed by atoms with Gasteiger partial charge < -0.3 is 14.2 Å². The zero-order valence-corrected chi connectivity index (χ0v) is 9.85. The largest absolute Gasteiger partial charge is 0.511 e. The molecule has 5 heteroatoms. The molecule has 5 nitrogen and oxygen atoms in total. The van der Waals surface area contributed by atoms with Gasteiger partial charge in [0, 0.05) is 0 Å². The zero-order valence-electron chi connectivity index (χ0n) is 9.85. The molecular formula is C11H16O5. The second-order valence-corrected chi connectivity index (χ2v) is 4.49. The molecule has 0 aromatic heterocycles. The monoisotopic (exact) mass is 228 g/mol. The molecule has 0 N–H and O–H groups in total. The van der Waals surface area contributed by atoms with Crippen LogP contribution in [0, 0.1) is 0 Å². The van der Waals surface area contributed by atoms with E-state index in [-0.39, 0.29) is 5.78 Å². The molecule has 0 aromatic rings. The second-order valence-electron chi connectivity index (χ2n) is 4.49. The molecule has 1 aliphatic rings. The lowest BCUT2D eigenvalue weighted by molar-refractivity contribution is -0.154. The summed E-state index contributed by atoms with van der Waals surface area (Å²) < 4.78 is 14.9. The number of hydrogen-bond donors (Lipinski definition) is 0. The molecule has 0 radical (unpaired) electrons. The van der Waals surface area contributed by atoms with Gasteiger partial charge in [0.25, 0.3) is 0 Å². The quantitative estimate of drug-likeness (QED) is 0.640. The van der Waals surface area contributed by atoms with E-state index in [2.05, 4.69) is 0 Å². The molecule has 0 aromatic carbocycles. The van der Waals surface area contributed by atoms with Gasteiger partial charge >= 0.3 is 6.16 Å². The van der Waals surface area contributed by atoms with E-state index in [4.69, 9.17) is 14.2 Å². The van der Waals surface area contributed by atoms with Gasteiger partial charge in [0.2, 0.25) is 6.29 Å². The van der Waals surface area contributed by atoms with Gasteiger partial charge in [-0.05, 0) is 39.8 Å². The van der Waals surface area contributed by atoms with Gasteiger partial charge in [-0.25, -0.2) is 4.79 Å². The molecule has 0 unspecified atom stereocenters. The molecule has 0 bridgehead atoms. The summed E-state index contributed by atoms with van der Waals surface area (Å²) in [6.07, 6.45) is 0.443. The number of rotatable bonds is 1. The maximum absolute atomic E-state index is 11.3. The highest BCUT2D eigenvalue weighted by molar-refractivity contribution is 5.93. The Kier molecular flexibility index (Phi) is 3.70. The van der Waals surface area contributed by atoms with Crippen LogP contribution in [0.2, 0.25) is 0 Å². The van der Waals surface area contributed by atoms with Crippen molar-refractivity contribution in [1.29, 1.82) is 0 Å². The molecule has 0 saturated carbocycles. The van der Waals surface area contributed by atoms with Crippen molar-refractivity contribution in [2.24, 2.45) is 0 Å². The van der Waals surface area contributed by atoms with Crippen LogP contribution in [0.4, 0.5) is 4.79 Å². The first-order chi connectivity index (χ1) is 7.28. The summed E-state index contributed by atoms with van der Waals surface area (Å²) in [4.78, 5) is 22.3. The van der Waals surface area contributed by atoms with Gasteiger partial charge in [-0.1, -0.05) is 0 Å². The van der Waals surface area contributed by atoms with Crippen LogP contribution in [0.25, 0.3) is 0 Å². The van der Waals surface area contributed by atoms with Gasteiger partial charge in [0.1, 0.15) is 11.7 Å². The predicted molar refractivity (Wildman–Crippen MR) is 55.8 cm³/mol. The van der Waals surface area contributed by atoms with Gasteiger partial charge in [-0.2, -0.15) is 0 Å². The molecule has 16 heavy (non-hydrogen) atoms. The van der Waals surface area contributed by atoms with E-state index >= 15 is 0 Å². The molecule has 90 valence electrons. The normalized spacial score (nSPS) is 25.4. The van der Waals surface area contributed by atoms with E-state index in [0.717, 1.165) is 0 Å². The third-order valence-electron chi connectivity index (χ3n) is 1.76. The van der Waals surface area contributed by atoms with Gasteiger partial charge in [-0.3, -0.25) is 4.79 Å². The van der Waals surface area contributed by atoms with Crippen LogP contribution in [0.1, 0.15) is 27.7 Å². The molecular weight excluding hydrogens is 212 g/mol. The Labute approximate surface area is 94.4 Å². The van der Waals surface area contributed by atoms with E-state index in [1.54, 1.807) is 27.7 Å². The lowest BCUT2D eigenvalue weighted by Gasteiger charge is -2.24. The summed E-state index contributed by atoms with van der Waals surface area (Å²) in [6.45, 7) is 6.80. The van der Waals surface area contributed by atoms with Crippen molar-refractivity contribution < 1.29 is 23.8 Å². The van der Waals surface area contributed by atoms with Crippen molar-refractivity contribution >= 4 is 11.9 Å². The summed E-state index contributed by atoms with van der Waals surface area (Å²) in [6, 6.07) is 0. The molecule has 2 atom stereocenters. The van der Waals surface area contributed by atoms with Crippen LogP contribution in [0.5, 0.6) is 0 Å². The standard InChI is InChI=1S/C11H16O5/c1-7-8(12)5-6-9(14-7)15-10(13)16-11(2,3)4/h5-7,9H,1-4H3/t7-,9-/m1/s1. The topological polar surface area (TPSA) is 61.8 Å². The Morgan fingerprint density at radius 2 is 2.06 bits per heavy atom. The van der Waals surface area contributed by atoms with Crippen LogP contribution in [0.15, 0.2) is 12.2 Å². The molecule has 0 amide bonds. The minimum Gasteiger partial charge on any atom is -0.428 e. The molecule has 0 spiro atoms. The highest BCUT2D eigenvalue weighted by Crippen LogP contribution is 2.14. The maximum Gasteiger partial charge on any atom is 0.511 e. The number of ether oxygens (including phenoxy) is 3.